The maximum absolute atomic E-state index is 13.7. The van der Waals surface area contributed by atoms with Crippen molar-refractivity contribution >= 4 is 15.9 Å². The Kier molecular flexibility index (Phi) is 8.18. The van der Waals surface area contributed by atoms with Crippen molar-refractivity contribution in [3.8, 4) is 11.4 Å². The van der Waals surface area contributed by atoms with Gasteiger partial charge in [0.25, 0.3) is 0 Å². The summed E-state index contributed by atoms with van der Waals surface area (Å²) in [5.74, 6) is 2.07. The SMILES string of the molecule is CC1CCN(C(=O)[C@H]2CCCN(S(=O)(=O)c3ccccc3)CCc3nnc(-c4cccnc4)n3CC2)CC1. The van der Waals surface area contributed by atoms with Crippen molar-refractivity contribution in [1.82, 2.24) is 29.0 Å². The van der Waals surface area contributed by atoms with Crippen molar-refractivity contribution in [2.75, 3.05) is 26.2 Å². The zero-order valence-corrected chi connectivity index (χ0v) is 22.8. The first kappa shape index (κ1) is 26.5. The molecule has 3 aromatic rings. The molecule has 1 fully saturated rings. The summed E-state index contributed by atoms with van der Waals surface area (Å²) in [4.78, 5) is 20.2. The zero-order valence-electron chi connectivity index (χ0n) is 21.9. The molecule has 0 aliphatic carbocycles. The lowest BCUT2D eigenvalue weighted by Gasteiger charge is -2.33. The smallest absolute Gasteiger partial charge is 0.243 e. The number of piperidine rings is 1. The summed E-state index contributed by atoms with van der Waals surface area (Å²) in [7, 11) is -3.68. The Morgan fingerprint density at radius 3 is 2.42 bits per heavy atom. The Morgan fingerprint density at radius 2 is 1.68 bits per heavy atom. The number of likely N-dealkylation sites (tertiary alicyclic amines) is 1. The van der Waals surface area contributed by atoms with Crippen molar-refractivity contribution < 1.29 is 13.2 Å². The molecule has 2 aromatic heterocycles. The van der Waals surface area contributed by atoms with Gasteiger partial charge < -0.3 is 9.47 Å². The van der Waals surface area contributed by atoms with Crippen LogP contribution in [-0.2, 0) is 27.8 Å². The largest absolute Gasteiger partial charge is 0.342 e. The van der Waals surface area contributed by atoms with Gasteiger partial charge in [-0.05, 0) is 62.3 Å². The number of benzene rings is 1. The Labute approximate surface area is 224 Å². The summed E-state index contributed by atoms with van der Waals surface area (Å²) in [5, 5.41) is 8.92. The first-order valence-corrected chi connectivity index (χ1v) is 15.0. The van der Waals surface area contributed by atoms with Crippen molar-refractivity contribution in [2.24, 2.45) is 11.8 Å². The fourth-order valence-electron chi connectivity index (χ4n) is 5.46. The maximum atomic E-state index is 13.7. The minimum atomic E-state index is -3.68. The molecule has 0 bridgehead atoms. The molecular weight excluding hydrogens is 500 g/mol. The molecule has 0 unspecified atom stereocenters. The molecule has 38 heavy (non-hydrogen) atoms. The Morgan fingerprint density at radius 1 is 0.895 bits per heavy atom. The Bertz CT molecular complexity index is 1320. The van der Waals surface area contributed by atoms with Crippen LogP contribution < -0.4 is 0 Å². The average molecular weight is 537 g/mol. The Balaban J connectivity index is 1.46. The van der Waals surface area contributed by atoms with Crippen LogP contribution in [0.3, 0.4) is 0 Å². The van der Waals surface area contributed by atoms with Gasteiger partial charge in [0, 0.05) is 63.0 Å². The third kappa shape index (κ3) is 5.81. The molecule has 1 saturated heterocycles. The second-order valence-corrected chi connectivity index (χ2v) is 12.4. The third-order valence-electron chi connectivity index (χ3n) is 7.82. The molecule has 0 N–H and O–H groups in total. The molecule has 1 amide bonds. The number of amides is 1. The first-order valence-electron chi connectivity index (χ1n) is 13.6. The van der Waals surface area contributed by atoms with Gasteiger partial charge in [-0.25, -0.2) is 8.42 Å². The molecule has 202 valence electrons. The molecule has 0 saturated carbocycles. The summed E-state index contributed by atoms with van der Waals surface area (Å²) in [6, 6.07) is 12.4. The van der Waals surface area contributed by atoms with E-state index >= 15 is 0 Å². The number of nitrogens with zero attached hydrogens (tertiary/aromatic N) is 6. The fourth-order valence-corrected chi connectivity index (χ4v) is 6.96. The van der Waals surface area contributed by atoms with Crippen LogP contribution >= 0.6 is 0 Å². The quantitative estimate of drug-likeness (QED) is 0.505. The van der Waals surface area contributed by atoms with Gasteiger partial charge in [-0.1, -0.05) is 25.1 Å². The molecule has 1 atom stereocenters. The van der Waals surface area contributed by atoms with Gasteiger partial charge in [-0.2, -0.15) is 4.31 Å². The summed E-state index contributed by atoms with van der Waals surface area (Å²) in [6.07, 6.45) is 7.90. The van der Waals surface area contributed by atoms with Crippen LogP contribution in [0.5, 0.6) is 0 Å². The summed E-state index contributed by atoms with van der Waals surface area (Å²) in [6.45, 7) is 5.09. The third-order valence-corrected chi connectivity index (χ3v) is 9.73. The average Bonchev–Trinajstić information content (AvgIpc) is 3.34. The lowest BCUT2D eigenvalue weighted by atomic mass is 9.94. The maximum Gasteiger partial charge on any atom is 0.243 e. The Hall–Kier alpha value is -3.11. The van der Waals surface area contributed by atoms with Crippen LogP contribution in [0.2, 0.25) is 0 Å². The van der Waals surface area contributed by atoms with Gasteiger partial charge in [0.05, 0.1) is 4.90 Å². The van der Waals surface area contributed by atoms with Gasteiger partial charge in [0.2, 0.25) is 15.9 Å². The van der Waals surface area contributed by atoms with E-state index in [2.05, 4.69) is 22.1 Å². The summed E-state index contributed by atoms with van der Waals surface area (Å²) < 4.78 is 30.7. The zero-order chi connectivity index (χ0) is 26.5. The van der Waals surface area contributed by atoms with Gasteiger partial charge in [0.15, 0.2) is 5.82 Å². The number of carbonyl (C=O) groups is 1. The van der Waals surface area contributed by atoms with E-state index in [4.69, 9.17) is 0 Å². The van der Waals surface area contributed by atoms with Crippen LogP contribution in [-0.4, -0.2) is 69.5 Å². The first-order chi connectivity index (χ1) is 18.4. The van der Waals surface area contributed by atoms with Crippen molar-refractivity contribution in [2.45, 2.75) is 56.9 Å². The van der Waals surface area contributed by atoms with E-state index in [-0.39, 0.29) is 16.7 Å². The molecule has 9 nitrogen and oxygen atoms in total. The van der Waals surface area contributed by atoms with Crippen LogP contribution in [0.25, 0.3) is 11.4 Å². The molecule has 5 rings (SSSR count). The number of hydrogen-bond donors (Lipinski definition) is 0. The lowest BCUT2D eigenvalue weighted by molar-refractivity contribution is -0.137. The highest BCUT2D eigenvalue weighted by Gasteiger charge is 2.30. The second-order valence-electron chi connectivity index (χ2n) is 10.4. The van der Waals surface area contributed by atoms with E-state index in [1.165, 1.54) is 0 Å². The normalized spacial score (nSPS) is 20.4. The number of pyridine rings is 1. The van der Waals surface area contributed by atoms with Crippen molar-refractivity contribution in [3.05, 3.63) is 60.7 Å². The van der Waals surface area contributed by atoms with Gasteiger partial charge >= 0.3 is 0 Å². The van der Waals surface area contributed by atoms with Crippen LogP contribution in [0.1, 0.15) is 44.9 Å². The highest BCUT2D eigenvalue weighted by molar-refractivity contribution is 7.89. The number of aromatic nitrogens is 4. The van der Waals surface area contributed by atoms with Crippen LogP contribution in [0.4, 0.5) is 0 Å². The topological polar surface area (TPSA) is 101 Å². The van der Waals surface area contributed by atoms with E-state index in [9.17, 15) is 13.2 Å². The number of fused-ring (bicyclic) bond motifs is 1. The molecule has 0 radical (unpaired) electrons. The second kappa shape index (κ2) is 11.7. The number of hydrogen-bond acceptors (Lipinski definition) is 6. The van der Waals surface area contributed by atoms with Crippen LogP contribution in [0, 0.1) is 11.8 Å². The molecule has 2 aliphatic rings. The summed E-state index contributed by atoms with van der Waals surface area (Å²) in [5.41, 5.74) is 0.850. The van der Waals surface area contributed by atoms with E-state index in [1.54, 1.807) is 41.0 Å². The minimum absolute atomic E-state index is 0.181. The van der Waals surface area contributed by atoms with Crippen LogP contribution in [0.15, 0.2) is 59.8 Å². The van der Waals surface area contributed by atoms with E-state index in [0.29, 0.717) is 57.1 Å². The van der Waals surface area contributed by atoms with Crippen molar-refractivity contribution in [3.63, 3.8) is 0 Å². The predicted octanol–water partition coefficient (Wildman–Crippen LogP) is 3.63. The fraction of sp³-hybridized carbons (Fsp3) is 0.500. The monoisotopic (exact) mass is 536 g/mol. The van der Waals surface area contributed by atoms with Gasteiger partial charge in [-0.15, -0.1) is 10.2 Å². The van der Waals surface area contributed by atoms with E-state index in [0.717, 1.165) is 37.3 Å². The van der Waals surface area contributed by atoms with Crippen molar-refractivity contribution in [1.29, 1.82) is 0 Å². The van der Waals surface area contributed by atoms with E-state index < -0.39 is 10.0 Å². The minimum Gasteiger partial charge on any atom is -0.342 e. The lowest BCUT2D eigenvalue weighted by Crippen LogP contribution is -2.42. The summed E-state index contributed by atoms with van der Waals surface area (Å²) >= 11 is 0. The number of sulfonamides is 1. The molecule has 4 heterocycles. The highest BCUT2D eigenvalue weighted by Crippen LogP contribution is 2.26. The molecule has 0 spiro atoms. The predicted molar refractivity (Wildman–Crippen MR) is 144 cm³/mol. The van der Waals surface area contributed by atoms with Gasteiger partial charge in [0.1, 0.15) is 5.82 Å². The molecular formula is C28H36N6O3S. The highest BCUT2D eigenvalue weighted by atomic mass is 32.2. The molecule has 1 aromatic carbocycles. The number of carbonyl (C=O) groups excluding carboxylic acids is 1. The van der Waals surface area contributed by atoms with Gasteiger partial charge in [-0.3, -0.25) is 9.78 Å². The standard InChI is InChI=1S/C28H36N6O3S/c1-22-11-17-32(18-12-22)28(35)23-8-6-16-33(38(36,37)25-9-3-2-4-10-25)19-14-26-30-31-27(34(26)20-13-23)24-7-5-15-29-21-24/h2-5,7,9-10,15,21-23H,6,8,11-14,16-20H2,1H3/t23-/m0/s1. The number of rotatable bonds is 4. The molecule has 2 aliphatic heterocycles. The molecule has 10 heteroatoms. The van der Waals surface area contributed by atoms with E-state index in [1.807, 2.05) is 27.7 Å².